The van der Waals surface area contributed by atoms with Crippen molar-refractivity contribution >= 4 is 0 Å². The second-order valence-corrected chi connectivity index (χ2v) is 5.06. The summed E-state index contributed by atoms with van der Waals surface area (Å²) in [5.41, 5.74) is 1.94. The maximum Gasteiger partial charge on any atom is 0.412 e. The van der Waals surface area contributed by atoms with E-state index in [4.69, 9.17) is 0 Å². The Balaban J connectivity index is 1.95. The van der Waals surface area contributed by atoms with E-state index in [0.29, 0.717) is 19.6 Å². The van der Waals surface area contributed by atoms with Crippen molar-refractivity contribution in [2.75, 3.05) is 20.1 Å². The molecule has 1 aliphatic heterocycles. The van der Waals surface area contributed by atoms with Crippen LogP contribution in [-0.2, 0) is 13.1 Å². The van der Waals surface area contributed by atoms with Gasteiger partial charge in [-0.3, -0.25) is 4.90 Å². The second kappa shape index (κ2) is 6.41. The normalized spacial score (nSPS) is 17.1. The molecule has 0 aliphatic carbocycles. The molecule has 1 N–H and O–H groups in total. The quantitative estimate of drug-likeness (QED) is 0.855. The lowest BCUT2D eigenvalue weighted by Gasteiger charge is -2.27. The summed E-state index contributed by atoms with van der Waals surface area (Å²) >= 11 is 0. The Morgan fingerprint density at radius 3 is 2.60 bits per heavy atom. The van der Waals surface area contributed by atoms with Gasteiger partial charge in [0.15, 0.2) is 0 Å². The van der Waals surface area contributed by atoms with Crippen LogP contribution in [0.25, 0.3) is 0 Å². The molecule has 0 bridgehead atoms. The van der Waals surface area contributed by atoms with Crippen LogP contribution in [0.3, 0.4) is 0 Å². The molecule has 0 fully saturated rings. The number of benzene rings is 1. The topological polar surface area (TPSA) is 15.3 Å². The van der Waals surface area contributed by atoms with Crippen molar-refractivity contribution in [2.45, 2.75) is 25.7 Å². The molecule has 0 unspecified atom stereocenters. The zero-order valence-corrected chi connectivity index (χ0v) is 11.5. The van der Waals surface area contributed by atoms with Gasteiger partial charge in [-0.25, -0.2) is 0 Å². The van der Waals surface area contributed by atoms with Crippen LogP contribution in [0.5, 0.6) is 0 Å². The molecular formula is C15H19F3N2. The van der Waals surface area contributed by atoms with Gasteiger partial charge in [0.05, 0.1) is 0 Å². The number of hydrogen-bond acceptors (Lipinski definition) is 2. The minimum absolute atomic E-state index is 0.0830. The molecule has 0 atom stereocenters. The minimum atomic E-state index is -4.17. The highest BCUT2D eigenvalue weighted by atomic mass is 19.4. The second-order valence-electron chi connectivity index (χ2n) is 5.06. The van der Waals surface area contributed by atoms with Crippen LogP contribution in [0.1, 0.15) is 17.5 Å². The Kier molecular flexibility index (Phi) is 4.83. The molecule has 110 valence electrons. The third-order valence-corrected chi connectivity index (χ3v) is 3.44. The Bertz CT molecular complexity index is 480. The zero-order valence-electron chi connectivity index (χ0n) is 11.5. The summed E-state index contributed by atoms with van der Waals surface area (Å²) in [6.45, 7) is 2.32. The summed E-state index contributed by atoms with van der Waals surface area (Å²) < 4.78 is 37.6. The molecule has 0 amide bonds. The highest BCUT2D eigenvalue weighted by Gasteiger charge is 2.34. The molecule has 0 saturated heterocycles. The van der Waals surface area contributed by atoms with Crippen LogP contribution in [0, 0.1) is 0 Å². The van der Waals surface area contributed by atoms with Gasteiger partial charge in [-0.05, 0) is 24.6 Å². The van der Waals surface area contributed by atoms with Gasteiger partial charge in [0, 0.05) is 31.8 Å². The maximum absolute atomic E-state index is 12.5. The predicted octanol–water partition coefficient (Wildman–Crippen LogP) is 3.10. The number of rotatable bonds is 4. The van der Waals surface area contributed by atoms with E-state index in [2.05, 4.69) is 11.4 Å². The number of alkyl halides is 3. The minimum Gasteiger partial charge on any atom is -0.316 e. The monoisotopic (exact) mass is 284 g/mol. The zero-order chi connectivity index (χ0) is 14.6. The van der Waals surface area contributed by atoms with Gasteiger partial charge in [-0.2, -0.15) is 13.2 Å². The van der Waals surface area contributed by atoms with Crippen molar-refractivity contribution in [3.05, 3.63) is 47.0 Å². The first kappa shape index (κ1) is 15.1. The van der Waals surface area contributed by atoms with Gasteiger partial charge in [-0.15, -0.1) is 0 Å². The highest BCUT2D eigenvalue weighted by Crippen LogP contribution is 2.30. The number of hydrogen-bond donors (Lipinski definition) is 1. The van der Waals surface area contributed by atoms with Gasteiger partial charge in [-0.1, -0.05) is 30.3 Å². The lowest BCUT2D eigenvalue weighted by molar-refractivity contribution is -0.0960. The molecular weight excluding hydrogens is 265 g/mol. The Labute approximate surface area is 117 Å². The molecule has 2 rings (SSSR count). The maximum atomic E-state index is 12.5. The van der Waals surface area contributed by atoms with Crippen molar-refractivity contribution < 1.29 is 13.2 Å². The SMILES string of the molecule is CNCc1cccc(CN2CC=C(C(F)(F)F)CC2)c1. The van der Waals surface area contributed by atoms with Crippen molar-refractivity contribution in [1.29, 1.82) is 0 Å². The first-order valence-corrected chi connectivity index (χ1v) is 6.70. The van der Waals surface area contributed by atoms with Crippen LogP contribution >= 0.6 is 0 Å². The molecule has 5 heteroatoms. The van der Waals surface area contributed by atoms with Gasteiger partial charge < -0.3 is 5.32 Å². The predicted molar refractivity (Wildman–Crippen MR) is 73.2 cm³/mol. The lowest BCUT2D eigenvalue weighted by Crippen LogP contribution is -2.31. The van der Waals surface area contributed by atoms with E-state index in [-0.39, 0.29) is 6.42 Å². The number of halogens is 3. The van der Waals surface area contributed by atoms with E-state index in [0.717, 1.165) is 12.1 Å². The third kappa shape index (κ3) is 4.08. The van der Waals surface area contributed by atoms with E-state index in [9.17, 15) is 13.2 Å². The lowest BCUT2D eigenvalue weighted by atomic mass is 10.1. The van der Waals surface area contributed by atoms with E-state index >= 15 is 0 Å². The van der Waals surface area contributed by atoms with E-state index in [1.165, 1.54) is 11.6 Å². The van der Waals surface area contributed by atoms with E-state index < -0.39 is 11.7 Å². The van der Waals surface area contributed by atoms with Gasteiger partial charge in [0.1, 0.15) is 0 Å². The van der Waals surface area contributed by atoms with Crippen LogP contribution in [-0.4, -0.2) is 31.2 Å². The molecule has 1 aromatic rings. The Morgan fingerprint density at radius 2 is 2.00 bits per heavy atom. The fraction of sp³-hybridized carbons (Fsp3) is 0.467. The van der Waals surface area contributed by atoms with Gasteiger partial charge >= 0.3 is 6.18 Å². The molecule has 20 heavy (non-hydrogen) atoms. The Hall–Kier alpha value is -1.33. The van der Waals surface area contributed by atoms with Crippen LogP contribution in [0.4, 0.5) is 13.2 Å². The van der Waals surface area contributed by atoms with Crippen molar-refractivity contribution in [3.63, 3.8) is 0 Å². The summed E-state index contributed by atoms with van der Waals surface area (Å²) in [5, 5.41) is 3.09. The average Bonchev–Trinajstić information content (AvgIpc) is 2.39. The summed E-state index contributed by atoms with van der Waals surface area (Å²) in [7, 11) is 1.89. The van der Waals surface area contributed by atoms with Crippen LogP contribution < -0.4 is 5.32 Å². The van der Waals surface area contributed by atoms with Crippen molar-refractivity contribution in [2.24, 2.45) is 0 Å². The molecule has 1 heterocycles. The van der Waals surface area contributed by atoms with Crippen LogP contribution in [0.15, 0.2) is 35.9 Å². The van der Waals surface area contributed by atoms with E-state index in [1.807, 2.05) is 30.1 Å². The molecule has 0 spiro atoms. The number of nitrogens with zero attached hydrogens (tertiary/aromatic N) is 1. The Morgan fingerprint density at radius 1 is 1.25 bits per heavy atom. The first-order chi connectivity index (χ1) is 9.49. The van der Waals surface area contributed by atoms with Gasteiger partial charge in [0.2, 0.25) is 0 Å². The van der Waals surface area contributed by atoms with E-state index in [1.54, 1.807) is 0 Å². The van der Waals surface area contributed by atoms with Crippen molar-refractivity contribution in [3.8, 4) is 0 Å². The third-order valence-electron chi connectivity index (χ3n) is 3.44. The average molecular weight is 284 g/mol. The molecule has 1 aliphatic rings. The first-order valence-electron chi connectivity index (χ1n) is 6.70. The smallest absolute Gasteiger partial charge is 0.316 e. The van der Waals surface area contributed by atoms with Gasteiger partial charge in [0.25, 0.3) is 0 Å². The summed E-state index contributed by atoms with van der Waals surface area (Å²) in [6.07, 6.45) is -2.78. The largest absolute Gasteiger partial charge is 0.412 e. The van der Waals surface area contributed by atoms with Crippen LogP contribution in [0.2, 0.25) is 0 Å². The fourth-order valence-electron chi connectivity index (χ4n) is 2.41. The molecule has 0 radical (unpaired) electrons. The highest BCUT2D eigenvalue weighted by molar-refractivity contribution is 5.24. The summed E-state index contributed by atoms with van der Waals surface area (Å²) in [6, 6.07) is 8.14. The molecule has 2 nitrogen and oxygen atoms in total. The summed E-state index contributed by atoms with van der Waals surface area (Å²) in [5.74, 6) is 0. The summed E-state index contributed by atoms with van der Waals surface area (Å²) in [4.78, 5) is 2.04. The van der Waals surface area contributed by atoms with Crippen molar-refractivity contribution in [1.82, 2.24) is 10.2 Å². The molecule has 0 saturated carbocycles. The fourth-order valence-corrected chi connectivity index (χ4v) is 2.41. The number of nitrogens with one attached hydrogen (secondary N) is 1. The molecule has 0 aromatic heterocycles. The standard InChI is InChI=1S/C15H19F3N2/c1-19-10-12-3-2-4-13(9-12)11-20-7-5-14(6-8-20)15(16,17)18/h2-5,9,19H,6-8,10-11H2,1H3. The molecule has 1 aromatic carbocycles.